The van der Waals surface area contributed by atoms with Crippen molar-refractivity contribution in [3.8, 4) is 0 Å². The minimum atomic E-state index is 0.0207. The van der Waals surface area contributed by atoms with E-state index in [1.807, 2.05) is 0 Å². The highest BCUT2D eigenvalue weighted by atomic mass is 16.5. The second-order valence-electron chi connectivity index (χ2n) is 6.18. The Morgan fingerprint density at radius 1 is 1.37 bits per heavy atom. The van der Waals surface area contributed by atoms with Gasteiger partial charge in [-0.2, -0.15) is 0 Å². The van der Waals surface area contributed by atoms with Gasteiger partial charge in [0.1, 0.15) is 0 Å². The number of nitrogens with one attached hydrogen (secondary N) is 1. The lowest BCUT2D eigenvalue weighted by atomic mass is 9.76. The third-order valence-electron chi connectivity index (χ3n) is 4.96. The SMILES string of the molecule is CCC1CCC(NC)C(CN2CCOC(CO)C2)C1. The molecule has 1 saturated heterocycles. The van der Waals surface area contributed by atoms with Gasteiger partial charge in [-0.1, -0.05) is 13.3 Å². The Morgan fingerprint density at radius 3 is 2.89 bits per heavy atom. The van der Waals surface area contributed by atoms with Gasteiger partial charge >= 0.3 is 0 Å². The molecular weight excluding hydrogens is 240 g/mol. The molecule has 19 heavy (non-hydrogen) atoms. The number of rotatable bonds is 5. The second kappa shape index (κ2) is 7.58. The molecular formula is C15H30N2O2. The fourth-order valence-electron chi connectivity index (χ4n) is 3.70. The number of nitrogens with zero attached hydrogens (tertiary/aromatic N) is 1. The molecule has 1 aliphatic heterocycles. The smallest absolute Gasteiger partial charge is 0.0932 e. The van der Waals surface area contributed by atoms with E-state index in [9.17, 15) is 5.11 Å². The average molecular weight is 270 g/mol. The summed E-state index contributed by atoms with van der Waals surface area (Å²) in [4.78, 5) is 2.48. The Kier molecular flexibility index (Phi) is 6.07. The number of aliphatic hydroxyl groups excluding tert-OH is 1. The fraction of sp³-hybridized carbons (Fsp3) is 1.00. The molecule has 0 bridgehead atoms. The molecule has 0 spiro atoms. The Hall–Kier alpha value is -0.160. The summed E-state index contributed by atoms with van der Waals surface area (Å²) >= 11 is 0. The second-order valence-corrected chi connectivity index (χ2v) is 6.18. The largest absolute Gasteiger partial charge is 0.394 e. The summed E-state index contributed by atoms with van der Waals surface area (Å²) in [6.07, 6.45) is 5.37. The van der Waals surface area contributed by atoms with Crippen molar-refractivity contribution in [1.29, 1.82) is 0 Å². The molecule has 0 aromatic rings. The van der Waals surface area contributed by atoms with Crippen LogP contribution in [0.15, 0.2) is 0 Å². The third kappa shape index (κ3) is 4.15. The lowest BCUT2D eigenvalue weighted by Gasteiger charge is -2.40. The molecule has 0 aromatic heterocycles. The first-order chi connectivity index (χ1) is 9.26. The van der Waals surface area contributed by atoms with Gasteiger partial charge in [0.2, 0.25) is 0 Å². The van der Waals surface area contributed by atoms with Crippen LogP contribution in [-0.2, 0) is 4.74 Å². The van der Waals surface area contributed by atoms with Crippen molar-refractivity contribution in [2.24, 2.45) is 11.8 Å². The molecule has 2 aliphatic rings. The van der Waals surface area contributed by atoms with E-state index in [0.29, 0.717) is 6.04 Å². The normalized spacial score (nSPS) is 37.4. The van der Waals surface area contributed by atoms with Gasteiger partial charge < -0.3 is 15.2 Å². The van der Waals surface area contributed by atoms with Gasteiger partial charge in [-0.25, -0.2) is 0 Å². The first-order valence-electron chi connectivity index (χ1n) is 7.88. The van der Waals surface area contributed by atoms with Crippen molar-refractivity contribution in [3.05, 3.63) is 0 Å². The summed E-state index contributed by atoms with van der Waals surface area (Å²) in [5.74, 6) is 1.66. The molecule has 2 N–H and O–H groups in total. The van der Waals surface area contributed by atoms with E-state index >= 15 is 0 Å². The monoisotopic (exact) mass is 270 g/mol. The van der Waals surface area contributed by atoms with Crippen LogP contribution in [0.3, 0.4) is 0 Å². The van der Waals surface area contributed by atoms with Crippen LogP contribution in [-0.4, -0.2) is 62.0 Å². The first-order valence-corrected chi connectivity index (χ1v) is 7.88. The quantitative estimate of drug-likeness (QED) is 0.785. The predicted octanol–water partition coefficient (Wildman–Crippen LogP) is 1.09. The highest BCUT2D eigenvalue weighted by Gasteiger charge is 2.31. The zero-order chi connectivity index (χ0) is 13.7. The van der Waals surface area contributed by atoms with Crippen LogP contribution < -0.4 is 5.32 Å². The van der Waals surface area contributed by atoms with E-state index in [1.54, 1.807) is 0 Å². The molecule has 4 unspecified atom stereocenters. The molecule has 1 heterocycles. The molecule has 2 fully saturated rings. The molecule has 4 atom stereocenters. The van der Waals surface area contributed by atoms with E-state index in [-0.39, 0.29) is 12.7 Å². The van der Waals surface area contributed by atoms with Crippen molar-refractivity contribution in [2.45, 2.75) is 44.8 Å². The standard InChI is InChI=1S/C15H30N2O2/c1-3-12-4-5-15(16-2)13(8-12)9-17-6-7-19-14(10-17)11-18/h12-16,18H,3-11H2,1-2H3. The summed E-state index contributed by atoms with van der Waals surface area (Å²) in [6, 6.07) is 0.665. The molecule has 0 amide bonds. The Morgan fingerprint density at radius 2 is 2.21 bits per heavy atom. The van der Waals surface area contributed by atoms with Crippen LogP contribution >= 0.6 is 0 Å². The van der Waals surface area contributed by atoms with Crippen LogP contribution in [0.4, 0.5) is 0 Å². The summed E-state index contributed by atoms with van der Waals surface area (Å²) in [5.41, 5.74) is 0. The van der Waals surface area contributed by atoms with Crippen LogP contribution in [0.25, 0.3) is 0 Å². The third-order valence-corrected chi connectivity index (χ3v) is 4.96. The zero-order valence-electron chi connectivity index (χ0n) is 12.5. The van der Waals surface area contributed by atoms with Crippen molar-refractivity contribution in [2.75, 3.05) is 39.9 Å². The first kappa shape index (κ1) is 15.2. The van der Waals surface area contributed by atoms with Gasteiger partial charge in [-0.05, 0) is 38.1 Å². The lowest BCUT2D eigenvalue weighted by Crippen LogP contribution is -2.50. The van der Waals surface area contributed by atoms with Gasteiger partial charge in [0.15, 0.2) is 0 Å². The summed E-state index contributed by atoms with van der Waals surface area (Å²) in [7, 11) is 2.10. The number of hydrogen-bond donors (Lipinski definition) is 2. The van der Waals surface area contributed by atoms with Gasteiger partial charge in [-0.15, -0.1) is 0 Å². The topological polar surface area (TPSA) is 44.7 Å². The maximum absolute atomic E-state index is 9.23. The van der Waals surface area contributed by atoms with Gasteiger partial charge in [0.25, 0.3) is 0 Å². The van der Waals surface area contributed by atoms with Gasteiger partial charge in [-0.3, -0.25) is 4.90 Å². The van der Waals surface area contributed by atoms with E-state index < -0.39 is 0 Å². The number of aliphatic hydroxyl groups is 1. The summed E-state index contributed by atoms with van der Waals surface area (Å²) < 4.78 is 5.53. The molecule has 1 saturated carbocycles. The van der Waals surface area contributed by atoms with Crippen LogP contribution in [0.5, 0.6) is 0 Å². The van der Waals surface area contributed by atoms with Gasteiger partial charge in [0, 0.05) is 25.7 Å². The maximum atomic E-state index is 9.23. The predicted molar refractivity (Wildman–Crippen MR) is 77.2 cm³/mol. The molecule has 4 nitrogen and oxygen atoms in total. The Labute approximate surface area is 117 Å². The minimum Gasteiger partial charge on any atom is -0.394 e. The lowest BCUT2D eigenvalue weighted by molar-refractivity contribution is -0.0592. The van der Waals surface area contributed by atoms with E-state index in [4.69, 9.17) is 4.74 Å². The molecule has 0 radical (unpaired) electrons. The van der Waals surface area contributed by atoms with Crippen LogP contribution in [0.1, 0.15) is 32.6 Å². The molecule has 1 aliphatic carbocycles. The summed E-state index contributed by atoms with van der Waals surface area (Å²) in [6.45, 7) is 6.29. The Balaban J connectivity index is 1.87. The molecule has 4 heteroatoms. The fourth-order valence-corrected chi connectivity index (χ4v) is 3.70. The van der Waals surface area contributed by atoms with Crippen LogP contribution in [0.2, 0.25) is 0 Å². The molecule has 112 valence electrons. The van der Waals surface area contributed by atoms with E-state index in [1.165, 1.54) is 25.7 Å². The molecule has 2 rings (SSSR count). The number of ether oxygens (including phenoxy) is 1. The van der Waals surface area contributed by atoms with Crippen molar-refractivity contribution < 1.29 is 9.84 Å². The number of hydrogen-bond acceptors (Lipinski definition) is 4. The van der Waals surface area contributed by atoms with E-state index in [2.05, 4.69) is 24.2 Å². The highest BCUT2D eigenvalue weighted by Crippen LogP contribution is 2.32. The summed E-state index contributed by atoms with van der Waals surface area (Å²) in [5, 5.41) is 12.7. The van der Waals surface area contributed by atoms with Crippen molar-refractivity contribution >= 4 is 0 Å². The maximum Gasteiger partial charge on any atom is 0.0932 e. The zero-order valence-corrected chi connectivity index (χ0v) is 12.5. The number of morpholine rings is 1. The van der Waals surface area contributed by atoms with Crippen molar-refractivity contribution in [1.82, 2.24) is 10.2 Å². The Bertz CT molecular complexity index is 263. The van der Waals surface area contributed by atoms with Crippen molar-refractivity contribution in [3.63, 3.8) is 0 Å². The highest BCUT2D eigenvalue weighted by molar-refractivity contribution is 4.86. The average Bonchev–Trinajstić information content (AvgIpc) is 2.47. The van der Waals surface area contributed by atoms with E-state index in [0.717, 1.165) is 38.1 Å². The minimum absolute atomic E-state index is 0.0207. The molecule has 0 aromatic carbocycles. The van der Waals surface area contributed by atoms with Crippen LogP contribution in [0, 0.1) is 11.8 Å². The van der Waals surface area contributed by atoms with Gasteiger partial charge in [0.05, 0.1) is 19.3 Å².